The summed E-state index contributed by atoms with van der Waals surface area (Å²) in [6, 6.07) is 15.9. The Morgan fingerprint density at radius 3 is 2.27 bits per heavy atom. The van der Waals surface area contributed by atoms with Gasteiger partial charge in [-0.1, -0.05) is 25.0 Å². The van der Waals surface area contributed by atoms with Gasteiger partial charge in [-0.25, -0.2) is 4.79 Å². The van der Waals surface area contributed by atoms with Crippen LogP contribution in [-0.2, 0) is 9.53 Å². The molecular weight excluding hydrogens is 472 g/mol. The molecular formula is C29H32N2O6. The van der Waals surface area contributed by atoms with Gasteiger partial charge in [0, 0.05) is 11.7 Å². The standard InChI is InChI=1S/C29H32N2O6/c1-3-35-24-17-13-20(14-18-24)26(27(32)30-22-8-5-6-9-22)31(28(33)25-10-7-19-37-25)23-15-11-21(12-16-23)29(34)36-4-2/h7,10-19,22,26H,3-6,8-9H2,1-2H3,(H,30,32). The van der Waals surface area contributed by atoms with Crippen molar-refractivity contribution in [2.24, 2.45) is 0 Å². The highest BCUT2D eigenvalue weighted by Gasteiger charge is 2.36. The summed E-state index contributed by atoms with van der Waals surface area (Å²) in [5.41, 5.74) is 1.41. The summed E-state index contributed by atoms with van der Waals surface area (Å²) in [5.74, 6) is -0.456. The number of anilines is 1. The molecule has 8 nitrogen and oxygen atoms in total. The van der Waals surface area contributed by atoms with Gasteiger partial charge in [-0.15, -0.1) is 0 Å². The second kappa shape index (κ2) is 12.3. The molecule has 0 aliphatic heterocycles. The van der Waals surface area contributed by atoms with Crippen molar-refractivity contribution in [1.82, 2.24) is 5.32 Å². The number of carbonyl (C=O) groups excluding carboxylic acids is 3. The summed E-state index contributed by atoms with van der Waals surface area (Å²) in [6.07, 6.45) is 5.34. The third kappa shape index (κ3) is 6.20. The van der Waals surface area contributed by atoms with Gasteiger partial charge in [0.05, 0.1) is 25.0 Å². The highest BCUT2D eigenvalue weighted by atomic mass is 16.5. The molecule has 1 heterocycles. The van der Waals surface area contributed by atoms with Crippen molar-refractivity contribution >= 4 is 23.5 Å². The molecule has 1 aliphatic rings. The summed E-state index contributed by atoms with van der Waals surface area (Å²) >= 11 is 0. The summed E-state index contributed by atoms with van der Waals surface area (Å²) in [4.78, 5) is 41.2. The van der Waals surface area contributed by atoms with Crippen molar-refractivity contribution in [2.75, 3.05) is 18.1 Å². The van der Waals surface area contributed by atoms with Crippen LogP contribution in [-0.4, -0.2) is 37.0 Å². The zero-order valence-corrected chi connectivity index (χ0v) is 21.1. The molecule has 2 amide bonds. The molecule has 0 bridgehead atoms. The first-order valence-electron chi connectivity index (χ1n) is 12.7. The Hall–Kier alpha value is -4.07. The smallest absolute Gasteiger partial charge is 0.338 e. The van der Waals surface area contributed by atoms with Crippen molar-refractivity contribution in [3.05, 3.63) is 83.8 Å². The van der Waals surface area contributed by atoms with Crippen LogP contribution in [0.2, 0.25) is 0 Å². The molecule has 1 N–H and O–H groups in total. The van der Waals surface area contributed by atoms with Crippen LogP contribution in [0.4, 0.5) is 5.69 Å². The highest BCUT2D eigenvalue weighted by molar-refractivity contribution is 6.09. The quantitative estimate of drug-likeness (QED) is 0.376. The maximum Gasteiger partial charge on any atom is 0.338 e. The van der Waals surface area contributed by atoms with Crippen molar-refractivity contribution in [3.8, 4) is 5.75 Å². The Balaban J connectivity index is 1.77. The Kier molecular flexibility index (Phi) is 8.61. The third-order valence-corrected chi connectivity index (χ3v) is 6.32. The van der Waals surface area contributed by atoms with E-state index in [1.807, 2.05) is 6.92 Å². The predicted octanol–water partition coefficient (Wildman–Crippen LogP) is 5.30. The van der Waals surface area contributed by atoms with Crippen LogP contribution in [0.5, 0.6) is 5.75 Å². The van der Waals surface area contributed by atoms with Gasteiger partial charge in [-0.3, -0.25) is 14.5 Å². The van der Waals surface area contributed by atoms with Gasteiger partial charge in [-0.05, 0) is 80.8 Å². The van der Waals surface area contributed by atoms with E-state index in [-0.39, 0.29) is 24.3 Å². The normalized spacial score (nSPS) is 14.1. The van der Waals surface area contributed by atoms with Crippen LogP contribution < -0.4 is 15.0 Å². The first kappa shape index (κ1) is 26.0. The lowest BCUT2D eigenvalue weighted by Gasteiger charge is -2.32. The van der Waals surface area contributed by atoms with Crippen LogP contribution in [0, 0.1) is 0 Å². The number of esters is 1. The number of hydrogen-bond acceptors (Lipinski definition) is 6. The topological polar surface area (TPSA) is 98.1 Å². The lowest BCUT2D eigenvalue weighted by Crippen LogP contribution is -2.46. The minimum Gasteiger partial charge on any atom is -0.494 e. The maximum absolute atomic E-state index is 13.8. The van der Waals surface area contributed by atoms with E-state index in [2.05, 4.69) is 5.32 Å². The SMILES string of the molecule is CCOC(=O)c1ccc(N(C(=O)c2ccco2)C(C(=O)NC2CCCC2)c2ccc(OCC)cc2)cc1. The molecule has 4 rings (SSSR count). The van der Waals surface area contributed by atoms with E-state index in [0.29, 0.717) is 29.2 Å². The average Bonchev–Trinajstić information content (AvgIpc) is 3.63. The monoisotopic (exact) mass is 504 g/mol. The molecule has 2 aromatic carbocycles. The number of amides is 2. The van der Waals surface area contributed by atoms with E-state index in [1.54, 1.807) is 67.6 Å². The summed E-state index contributed by atoms with van der Waals surface area (Å²) in [6.45, 7) is 4.40. The number of benzene rings is 2. The fraction of sp³-hybridized carbons (Fsp3) is 0.345. The van der Waals surface area contributed by atoms with Gasteiger partial charge >= 0.3 is 5.97 Å². The number of furan rings is 1. The fourth-order valence-corrected chi connectivity index (χ4v) is 4.56. The third-order valence-electron chi connectivity index (χ3n) is 6.32. The zero-order chi connectivity index (χ0) is 26.2. The van der Waals surface area contributed by atoms with Crippen LogP contribution in [0.25, 0.3) is 0 Å². The van der Waals surface area contributed by atoms with Crippen LogP contribution in [0.15, 0.2) is 71.3 Å². The number of nitrogens with one attached hydrogen (secondary N) is 1. The number of nitrogens with zero attached hydrogens (tertiary/aromatic N) is 1. The minimum atomic E-state index is -0.984. The predicted molar refractivity (Wildman–Crippen MR) is 139 cm³/mol. The van der Waals surface area contributed by atoms with Crippen molar-refractivity contribution < 1.29 is 28.3 Å². The minimum absolute atomic E-state index is 0.0597. The molecule has 0 saturated heterocycles. The molecule has 1 aliphatic carbocycles. The average molecular weight is 505 g/mol. The fourth-order valence-electron chi connectivity index (χ4n) is 4.56. The molecule has 0 radical (unpaired) electrons. The Labute approximate surface area is 216 Å². The molecule has 1 unspecified atom stereocenters. The largest absolute Gasteiger partial charge is 0.494 e. The summed E-state index contributed by atoms with van der Waals surface area (Å²) in [5, 5.41) is 3.15. The van der Waals surface area contributed by atoms with E-state index < -0.39 is 17.9 Å². The Morgan fingerprint density at radius 2 is 1.68 bits per heavy atom. The van der Waals surface area contributed by atoms with Crippen molar-refractivity contribution in [3.63, 3.8) is 0 Å². The van der Waals surface area contributed by atoms with E-state index in [1.165, 1.54) is 11.2 Å². The van der Waals surface area contributed by atoms with Gasteiger partial charge in [0.1, 0.15) is 11.8 Å². The van der Waals surface area contributed by atoms with Crippen LogP contribution in [0.1, 0.15) is 72.0 Å². The lowest BCUT2D eigenvalue weighted by atomic mass is 10.0. The molecule has 1 saturated carbocycles. The van der Waals surface area contributed by atoms with Crippen molar-refractivity contribution in [1.29, 1.82) is 0 Å². The first-order valence-corrected chi connectivity index (χ1v) is 12.7. The molecule has 3 aromatic rings. The second-order valence-corrected chi connectivity index (χ2v) is 8.81. The van der Waals surface area contributed by atoms with E-state index in [9.17, 15) is 14.4 Å². The van der Waals surface area contributed by atoms with E-state index in [0.717, 1.165) is 25.7 Å². The van der Waals surface area contributed by atoms with Gasteiger partial charge in [0.2, 0.25) is 5.91 Å². The molecule has 1 fully saturated rings. The molecule has 1 aromatic heterocycles. The number of carbonyl (C=O) groups is 3. The molecule has 0 spiro atoms. The highest BCUT2D eigenvalue weighted by Crippen LogP contribution is 2.32. The lowest BCUT2D eigenvalue weighted by molar-refractivity contribution is -0.123. The molecule has 37 heavy (non-hydrogen) atoms. The molecule has 1 atom stereocenters. The summed E-state index contributed by atoms with van der Waals surface area (Å²) in [7, 11) is 0. The van der Waals surface area contributed by atoms with Gasteiger partial charge in [0.15, 0.2) is 5.76 Å². The van der Waals surface area contributed by atoms with Crippen molar-refractivity contribution in [2.45, 2.75) is 51.6 Å². The number of hydrogen-bond donors (Lipinski definition) is 1. The van der Waals surface area contributed by atoms with Crippen LogP contribution in [0.3, 0.4) is 0 Å². The maximum atomic E-state index is 13.8. The second-order valence-electron chi connectivity index (χ2n) is 8.81. The molecule has 194 valence electrons. The Bertz CT molecular complexity index is 1180. The van der Waals surface area contributed by atoms with Crippen LogP contribution >= 0.6 is 0 Å². The number of rotatable bonds is 10. The summed E-state index contributed by atoms with van der Waals surface area (Å²) < 4.78 is 16.1. The Morgan fingerprint density at radius 1 is 0.973 bits per heavy atom. The van der Waals surface area contributed by atoms with E-state index in [4.69, 9.17) is 13.9 Å². The zero-order valence-electron chi connectivity index (χ0n) is 21.1. The number of ether oxygens (including phenoxy) is 2. The van der Waals surface area contributed by atoms with Gasteiger partial charge in [-0.2, -0.15) is 0 Å². The molecule has 8 heteroatoms. The first-order chi connectivity index (χ1) is 18.0. The van der Waals surface area contributed by atoms with Gasteiger partial charge in [0.25, 0.3) is 5.91 Å². The van der Waals surface area contributed by atoms with E-state index >= 15 is 0 Å². The van der Waals surface area contributed by atoms with Gasteiger partial charge < -0.3 is 19.2 Å².